The van der Waals surface area contributed by atoms with E-state index in [0.717, 1.165) is 12.8 Å². The number of hydrogen-bond acceptors (Lipinski definition) is 1. The van der Waals surface area contributed by atoms with Crippen molar-refractivity contribution < 1.29 is 0 Å². The lowest BCUT2D eigenvalue weighted by Gasteiger charge is -2.12. The topological polar surface area (TPSA) is 4.93 Å². The maximum absolute atomic E-state index is 2.45. The molecule has 0 fully saturated rings. The zero-order valence-corrected chi connectivity index (χ0v) is 14.7. The Labute approximate surface area is 141 Å². The maximum Gasteiger partial charge on any atom is 0.108 e. The number of allylic oxidation sites excluding steroid dienone is 1. The van der Waals surface area contributed by atoms with Crippen LogP contribution in [0.1, 0.15) is 39.9 Å². The highest BCUT2D eigenvalue weighted by Crippen LogP contribution is 2.40. The van der Waals surface area contributed by atoms with Crippen LogP contribution in [0.4, 0.5) is 0 Å². The number of aryl methyl sites for hydroxylation is 3. The van der Waals surface area contributed by atoms with E-state index in [4.69, 9.17) is 0 Å². The highest BCUT2D eigenvalue weighted by molar-refractivity contribution is 7.14. The molecule has 116 valence electrons. The average molecular weight is 319 g/mol. The summed E-state index contributed by atoms with van der Waals surface area (Å²) in [6.07, 6.45) is 4.49. The molecule has 0 unspecified atom stereocenters. The molecule has 0 bridgehead atoms. The Morgan fingerprint density at radius 1 is 1.04 bits per heavy atom. The van der Waals surface area contributed by atoms with E-state index < -0.39 is 0 Å². The quantitative estimate of drug-likeness (QED) is 0.570. The normalized spacial score (nSPS) is 13.3. The summed E-state index contributed by atoms with van der Waals surface area (Å²) in [6.45, 7) is 6.66. The minimum atomic E-state index is 0.986. The fraction of sp³-hybridized carbons (Fsp3) is 0.238. The molecule has 0 amide bonds. The molecule has 3 aromatic rings. The van der Waals surface area contributed by atoms with Crippen LogP contribution in [-0.2, 0) is 12.8 Å². The number of fused-ring (bicyclic) bond motifs is 3. The van der Waals surface area contributed by atoms with Crippen LogP contribution in [0.3, 0.4) is 0 Å². The van der Waals surface area contributed by atoms with Crippen molar-refractivity contribution in [2.45, 2.75) is 33.6 Å². The van der Waals surface area contributed by atoms with E-state index in [1.165, 1.54) is 43.5 Å². The summed E-state index contributed by atoms with van der Waals surface area (Å²) in [6, 6.07) is 15.6. The molecule has 1 aliphatic rings. The Hall–Kier alpha value is -2.06. The van der Waals surface area contributed by atoms with E-state index in [1.807, 2.05) is 11.3 Å². The summed E-state index contributed by atoms with van der Waals surface area (Å²) < 4.78 is 2.45. The standard InChI is InChI=1S/C21H21NS/c1-4-17-13-20-19(18-8-6-5-7-14(18)2)12-11-16-10-9-15(3)22(16)21(20)23-17/h5-10,12-13H,4,11H2,1-3H3. The molecular formula is C21H21NS. The Bertz CT molecular complexity index is 908. The molecule has 2 aromatic heterocycles. The Kier molecular flexibility index (Phi) is 3.50. The Morgan fingerprint density at radius 3 is 2.65 bits per heavy atom. The van der Waals surface area contributed by atoms with Crippen molar-refractivity contribution in [2.24, 2.45) is 0 Å². The minimum absolute atomic E-state index is 0.986. The van der Waals surface area contributed by atoms with Gasteiger partial charge < -0.3 is 4.57 Å². The van der Waals surface area contributed by atoms with E-state index in [9.17, 15) is 0 Å². The summed E-state index contributed by atoms with van der Waals surface area (Å²) in [5, 5.41) is 1.38. The minimum Gasteiger partial charge on any atom is -0.309 e. The van der Waals surface area contributed by atoms with Crippen LogP contribution in [0.15, 0.2) is 48.5 Å². The zero-order valence-electron chi connectivity index (χ0n) is 13.9. The fourth-order valence-corrected chi connectivity index (χ4v) is 4.65. The van der Waals surface area contributed by atoms with Gasteiger partial charge in [0.15, 0.2) is 0 Å². The lowest BCUT2D eigenvalue weighted by Crippen LogP contribution is -1.99. The molecule has 0 atom stereocenters. The van der Waals surface area contributed by atoms with Crippen LogP contribution < -0.4 is 0 Å². The second-order valence-corrected chi connectivity index (χ2v) is 7.34. The number of rotatable bonds is 2. The first-order valence-corrected chi connectivity index (χ1v) is 9.07. The Morgan fingerprint density at radius 2 is 1.87 bits per heavy atom. The monoisotopic (exact) mass is 319 g/mol. The number of hydrogen-bond donors (Lipinski definition) is 0. The first-order valence-electron chi connectivity index (χ1n) is 8.26. The van der Waals surface area contributed by atoms with Crippen molar-refractivity contribution in [3.63, 3.8) is 0 Å². The Balaban J connectivity index is 1.99. The number of nitrogens with zero attached hydrogens (tertiary/aromatic N) is 1. The summed E-state index contributed by atoms with van der Waals surface area (Å²) >= 11 is 1.94. The number of aromatic nitrogens is 1. The van der Waals surface area contributed by atoms with Gasteiger partial charge in [-0.15, -0.1) is 11.3 Å². The molecular weight excluding hydrogens is 298 g/mol. The van der Waals surface area contributed by atoms with Gasteiger partial charge in [-0.05, 0) is 55.2 Å². The van der Waals surface area contributed by atoms with Gasteiger partial charge in [0.25, 0.3) is 0 Å². The smallest absolute Gasteiger partial charge is 0.108 e. The zero-order chi connectivity index (χ0) is 16.0. The predicted molar refractivity (Wildman–Crippen MR) is 99.7 cm³/mol. The van der Waals surface area contributed by atoms with Gasteiger partial charge in [-0.2, -0.15) is 0 Å². The van der Waals surface area contributed by atoms with E-state index in [0.29, 0.717) is 0 Å². The van der Waals surface area contributed by atoms with Crippen molar-refractivity contribution >= 4 is 16.9 Å². The molecule has 0 radical (unpaired) electrons. The van der Waals surface area contributed by atoms with Crippen LogP contribution in [0.2, 0.25) is 0 Å². The molecule has 3 heterocycles. The van der Waals surface area contributed by atoms with E-state index in [-0.39, 0.29) is 0 Å². The fourth-order valence-electron chi connectivity index (χ4n) is 3.45. The van der Waals surface area contributed by atoms with Crippen LogP contribution >= 0.6 is 11.3 Å². The van der Waals surface area contributed by atoms with E-state index >= 15 is 0 Å². The summed E-state index contributed by atoms with van der Waals surface area (Å²) in [5.41, 5.74) is 8.19. The summed E-state index contributed by atoms with van der Waals surface area (Å²) in [7, 11) is 0. The van der Waals surface area contributed by atoms with E-state index in [2.05, 4.69) is 73.9 Å². The highest BCUT2D eigenvalue weighted by Gasteiger charge is 2.21. The van der Waals surface area contributed by atoms with E-state index in [1.54, 1.807) is 0 Å². The molecule has 0 aliphatic carbocycles. The van der Waals surface area contributed by atoms with Crippen molar-refractivity contribution in [1.29, 1.82) is 0 Å². The van der Waals surface area contributed by atoms with Gasteiger partial charge in [-0.1, -0.05) is 37.3 Å². The van der Waals surface area contributed by atoms with Crippen molar-refractivity contribution in [3.05, 3.63) is 81.5 Å². The average Bonchev–Trinajstić information content (AvgIpc) is 3.09. The lowest BCUT2D eigenvalue weighted by atomic mass is 9.94. The first-order chi connectivity index (χ1) is 11.2. The van der Waals surface area contributed by atoms with Crippen LogP contribution in [0.5, 0.6) is 0 Å². The van der Waals surface area contributed by atoms with Gasteiger partial charge in [-0.25, -0.2) is 0 Å². The molecule has 0 spiro atoms. The molecule has 1 aromatic carbocycles. The van der Waals surface area contributed by atoms with Gasteiger partial charge in [0.2, 0.25) is 0 Å². The predicted octanol–water partition coefficient (Wildman–Crippen LogP) is 5.71. The molecule has 0 N–H and O–H groups in total. The molecule has 1 nitrogen and oxygen atoms in total. The van der Waals surface area contributed by atoms with Gasteiger partial charge in [-0.3, -0.25) is 0 Å². The number of thiophene rings is 1. The van der Waals surface area contributed by atoms with Gasteiger partial charge in [0.1, 0.15) is 5.00 Å². The molecule has 0 saturated heterocycles. The maximum atomic E-state index is 2.45. The second kappa shape index (κ2) is 5.54. The molecule has 4 rings (SSSR count). The van der Waals surface area contributed by atoms with Crippen molar-refractivity contribution in [2.75, 3.05) is 0 Å². The molecule has 0 saturated carbocycles. The lowest BCUT2D eigenvalue weighted by molar-refractivity contribution is 0.958. The molecule has 2 heteroatoms. The second-order valence-electron chi connectivity index (χ2n) is 6.22. The van der Waals surface area contributed by atoms with Crippen molar-refractivity contribution in [1.82, 2.24) is 4.57 Å². The highest BCUT2D eigenvalue weighted by atomic mass is 32.1. The molecule has 1 aliphatic heterocycles. The first kappa shape index (κ1) is 14.5. The number of benzene rings is 1. The van der Waals surface area contributed by atoms with Gasteiger partial charge in [0.05, 0.1) is 0 Å². The SMILES string of the molecule is CCc1cc2c(s1)-n1c(C)ccc1CC=C2c1ccccc1C. The van der Waals surface area contributed by atoms with Crippen LogP contribution in [0, 0.1) is 13.8 Å². The third-order valence-electron chi connectivity index (χ3n) is 4.71. The van der Waals surface area contributed by atoms with Crippen molar-refractivity contribution in [3.8, 4) is 5.00 Å². The van der Waals surface area contributed by atoms with Gasteiger partial charge in [0, 0.05) is 28.2 Å². The van der Waals surface area contributed by atoms with Crippen LogP contribution in [-0.4, -0.2) is 4.57 Å². The van der Waals surface area contributed by atoms with Gasteiger partial charge >= 0.3 is 0 Å². The largest absolute Gasteiger partial charge is 0.309 e. The summed E-state index contributed by atoms with van der Waals surface area (Å²) in [5.74, 6) is 0. The third-order valence-corrected chi connectivity index (χ3v) is 5.98. The van der Waals surface area contributed by atoms with Crippen LogP contribution in [0.25, 0.3) is 10.6 Å². The third kappa shape index (κ3) is 2.29. The summed E-state index contributed by atoms with van der Waals surface area (Å²) in [4.78, 5) is 1.45. The molecule has 23 heavy (non-hydrogen) atoms.